The molecule has 1 saturated carbocycles. The van der Waals surface area contributed by atoms with Crippen molar-refractivity contribution in [3.8, 4) is 0 Å². The fraction of sp³-hybridized carbons (Fsp3) is 0.350. The number of anilines is 1. The number of nitrogens with one attached hydrogen (secondary N) is 2. The Balaban J connectivity index is 1.68. The first-order chi connectivity index (χ1) is 11.5. The molecule has 0 radical (unpaired) electrons. The highest BCUT2D eigenvalue weighted by Crippen LogP contribution is 2.19. The second-order valence-electron chi connectivity index (χ2n) is 6.69. The third kappa shape index (κ3) is 4.01. The van der Waals surface area contributed by atoms with Crippen LogP contribution >= 0.6 is 0 Å². The zero-order valence-electron chi connectivity index (χ0n) is 14.2. The van der Waals surface area contributed by atoms with Gasteiger partial charge in [0.25, 0.3) is 5.91 Å². The molecule has 1 atom stereocenters. The number of rotatable bonds is 6. The highest BCUT2D eigenvalue weighted by molar-refractivity contribution is 5.93. The molecule has 2 aromatic rings. The Hall–Kier alpha value is -2.20. The first kappa shape index (κ1) is 16.7. The summed E-state index contributed by atoms with van der Waals surface area (Å²) in [5.41, 5.74) is 3.69. The maximum Gasteiger partial charge on any atom is 0.279 e. The Bertz CT molecular complexity index is 720. The molecule has 24 heavy (non-hydrogen) atoms. The van der Waals surface area contributed by atoms with Gasteiger partial charge >= 0.3 is 0 Å². The predicted octanol–water partition coefficient (Wildman–Crippen LogP) is 2.63. The molecule has 4 heteroatoms. The van der Waals surface area contributed by atoms with Gasteiger partial charge in [0.15, 0.2) is 6.54 Å². The van der Waals surface area contributed by atoms with Crippen molar-refractivity contribution in [2.24, 2.45) is 0 Å². The van der Waals surface area contributed by atoms with Gasteiger partial charge in [-0.25, -0.2) is 4.39 Å². The zero-order chi connectivity index (χ0) is 17.1. The molecule has 2 N–H and O–H groups in total. The fourth-order valence-electron chi connectivity index (χ4n) is 3.13. The van der Waals surface area contributed by atoms with Crippen molar-refractivity contribution < 1.29 is 14.1 Å². The molecule has 0 heterocycles. The maximum atomic E-state index is 13.9. The van der Waals surface area contributed by atoms with Crippen LogP contribution in [0.3, 0.4) is 0 Å². The highest BCUT2D eigenvalue weighted by atomic mass is 19.1. The van der Waals surface area contributed by atoms with Crippen LogP contribution in [0.4, 0.5) is 10.1 Å². The van der Waals surface area contributed by atoms with E-state index in [2.05, 4.69) is 5.32 Å². The maximum absolute atomic E-state index is 13.9. The zero-order valence-corrected chi connectivity index (χ0v) is 14.2. The van der Waals surface area contributed by atoms with Gasteiger partial charge in [-0.15, -0.1) is 0 Å². The summed E-state index contributed by atoms with van der Waals surface area (Å²) in [4.78, 5) is 13.7. The van der Waals surface area contributed by atoms with Crippen molar-refractivity contribution in [3.63, 3.8) is 0 Å². The SMILES string of the molecule is Cc1cccc(C)c1NC(=O)C[NH+](Cc1ccccc1F)C1CC1. The van der Waals surface area contributed by atoms with E-state index in [1.54, 1.807) is 12.1 Å². The van der Waals surface area contributed by atoms with Gasteiger partial charge in [0.2, 0.25) is 0 Å². The number of para-hydroxylation sites is 1. The van der Waals surface area contributed by atoms with Crippen molar-refractivity contribution in [2.75, 3.05) is 11.9 Å². The van der Waals surface area contributed by atoms with E-state index in [9.17, 15) is 9.18 Å². The van der Waals surface area contributed by atoms with E-state index in [0.29, 0.717) is 24.7 Å². The van der Waals surface area contributed by atoms with Gasteiger partial charge in [-0.1, -0.05) is 36.4 Å². The van der Waals surface area contributed by atoms with E-state index >= 15 is 0 Å². The van der Waals surface area contributed by atoms with Gasteiger partial charge in [0.05, 0.1) is 6.04 Å². The Labute approximate surface area is 142 Å². The molecule has 1 amide bonds. The van der Waals surface area contributed by atoms with Crippen LogP contribution in [0, 0.1) is 19.7 Å². The van der Waals surface area contributed by atoms with Crippen molar-refractivity contribution >= 4 is 11.6 Å². The molecule has 0 aliphatic heterocycles. The lowest BCUT2D eigenvalue weighted by Crippen LogP contribution is -3.13. The van der Waals surface area contributed by atoms with Crippen molar-refractivity contribution in [3.05, 3.63) is 65.0 Å². The number of carbonyl (C=O) groups is 1. The van der Waals surface area contributed by atoms with Gasteiger partial charge in [-0.2, -0.15) is 0 Å². The summed E-state index contributed by atoms with van der Waals surface area (Å²) < 4.78 is 13.9. The minimum absolute atomic E-state index is 0.00867. The molecule has 126 valence electrons. The van der Waals surface area contributed by atoms with Crippen LogP contribution in [0.15, 0.2) is 42.5 Å². The van der Waals surface area contributed by atoms with E-state index in [-0.39, 0.29) is 11.7 Å². The Morgan fingerprint density at radius 1 is 1.12 bits per heavy atom. The largest absolute Gasteiger partial charge is 0.321 e. The molecular formula is C20H24FN2O+. The second kappa shape index (κ2) is 7.14. The van der Waals surface area contributed by atoms with Crippen LogP contribution in [-0.2, 0) is 11.3 Å². The van der Waals surface area contributed by atoms with Gasteiger partial charge in [0.1, 0.15) is 12.4 Å². The lowest BCUT2D eigenvalue weighted by atomic mass is 10.1. The summed E-state index contributed by atoms with van der Waals surface area (Å²) in [6.07, 6.45) is 2.22. The molecular weight excluding hydrogens is 303 g/mol. The number of hydrogen-bond donors (Lipinski definition) is 2. The molecule has 2 aromatic carbocycles. The lowest BCUT2D eigenvalue weighted by Gasteiger charge is -2.20. The molecule has 3 nitrogen and oxygen atoms in total. The van der Waals surface area contributed by atoms with Gasteiger partial charge < -0.3 is 10.2 Å². The average Bonchev–Trinajstić information content (AvgIpc) is 3.37. The number of quaternary nitrogens is 1. The standard InChI is InChI=1S/C20H23FN2O/c1-14-6-5-7-15(2)20(14)22-19(24)13-23(17-10-11-17)12-16-8-3-4-9-18(16)21/h3-9,17H,10-13H2,1-2H3,(H,22,24)/p+1. The number of carbonyl (C=O) groups excluding carboxylic acids is 1. The number of halogens is 1. The van der Waals surface area contributed by atoms with Gasteiger partial charge in [-0.05, 0) is 31.0 Å². The lowest BCUT2D eigenvalue weighted by molar-refractivity contribution is -0.917. The molecule has 0 bridgehead atoms. The summed E-state index contributed by atoms with van der Waals surface area (Å²) in [7, 11) is 0. The summed E-state index contributed by atoms with van der Waals surface area (Å²) >= 11 is 0. The van der Waals surface area contributed by atoms with E-state index in [1.807, 2.05) is 38.1 Å². The minimum atomic E-state index is -0.189. The first-order valence-corrected chi connectivity index (χ1v) is 8.48. The second-order valence-corrected chi connectivity index (χ2v) is 6.69. The summed E-state index contributed by atoms with van der Waals surface area (Å²) in [5.74, 6) is -0.198. The third-order valence-corrected chi connectivity index (χ3v) is 4.66. The van der Waals surface area contributed by atoms with Gasteiger partial charge in [-0.3, -0.25) is 4.79 Å². The summed E-state index contributed by atoms with van der Waals surface area (Å²) in [5, 5.41) is 3.04. The van der Waals surface area contributed by atoms with Crippen molar-refractivity contribution in [2.45, 2.75) is 39.3 Å². The third-order valence-electron chi connectivity index (χ3n) is 4.66. The summed E-state index contributed by atoms with van der Waals surface area (Å²) in [6.45, 7) is 4.91. The molecule has 1 fully saturated rings. The molecule has 1 aliphatic carbocycles. The molecule has 3 rings (SSSR count). The molecule has 0 spiro atoms. The normalized spacial score (nSPS) is 15.1. The van der Waals surface area contributed by atoms with E-state index in [0.717, 1.165) is 34.6 Å². The fourth-order valence-corrected chi connectivity index (χ4v) is 3.13. The Morgan fingerprint density at radius 3 is 2.42 bits per heavy atom. The topological polar surface area (TPSA) is 33.5 Å². The van der Waals surface area contributed by atoms with Crippen LogP contribution in [-0.4, -0.2) is 18.5 Å². The Morgan fingerprint density at radius 2 is 1.79 bits per heavy atom. The van der Waals surface area contributed by atoms with Gasteiger partial charge in [0, 0.05) is 24.1 Å². The smallest absolute Gasteiger partial charge is 0.279 e. The quantitative estimate of drug-likeness (QED) is 0.840. The molecule has 1 aliphatic rings. The number of aryl methyl sites for hydroxylation is 2. The number of hydrogen-bond acceptors (Lipinski definition) is 1. The van der Waals surface area contributed by atoms with E-state index < -0.39 is 0 Å². The number of amides is 1. The van der Waals surface area contributed by atoms with Crippen LogP contribution in [0.5, 0.6) is 0 Å². The van der Waals surface area contributed by atoms with Crippen LogP contribution in [0.25, 0.3) is 0 Å². The van der Waals surface area contributed by atoms with E-state index in [4.69, 9.17) is 0 Å². The van der Waals surface area contributed by atoms with E-state index in [1.165, 1.54) is 6.07 Å². The van der Waals surface area contributed by atoms with Crippen molar-refractivity contribution in [1.29, 1.82) is 0 Å². The Kier molecular flexibility index (Phi) is 4.95. The highest BCUT2D eigenvalue weighted by Gasteiger charge is 2.35. The summed E-state index contributed by atoms with van der Waals surface area (Å²) in [6, 6.07) is 13.3. The van der Waals surface area contributed by atoms with Crippen molar-refractivity contribution in [1.82, 2.24) is 0 Å². The monoisotopic (exact) mass is 327 g/mol. The van der Waals surface area contributed by atoms with Crippen LogP contribution in [0.1, 0.15) is 29.5 Å². The predicted molar refractivity (Wildman–Crippen MR) is 93.5 cm³/mol. The van der Waals surface area contributed by atoms with Crippen LogP contribution < -0.4 is 10.2 Å². The molecule has 1 unspecified atom stereocenters. The first-order valence-electron chi connectivity index (χ1n) is 8.48. The average molecular weight is 327 g/mol. The number of benzene rings is 2. The minimum Gasteiger partial charge on any atom is -0.321 e. The molecule has 0 saturated heterocycles. The molecule has 0 aromatic heterocycles. The van der Waals surface area contributed by atoms with Crippen LogP contribution in [0.2, 0.25) is 0 Å².